The number of aliphatic hydroxyl groups is 1. The first-order valence-electron chi connectivity index (χ1n) is 7.09. The lowest BCUT2D eigenvalue weighted by Crippen LogP contribution is -2.53. The van der Waals surface area contributed by atoms with Crippen molar-refractivity contribution in [3.63, 3.8) is 0 Å². The largest absolute Gasteiger partial charge is 0.480 e. The third kappa shape index (κ3) is 6.35. The van der Waals surface area contributed by atoms with Gasteiger partial charge in [0.05, 0.1) is 6.61 Å². The molecule has 8 nitrogen and oxygen atoms in total. The summed E-state index contributed by atoms with van der Waals surface area (Å²) in [6.45, 7) is 0.927. The number of nitrogens with one attached hydrogen (secondary N) is 2. The molecule has 1 aromatic carbocycles. The molecule has 0 aliphatic heterocycles. The molecule has 0 fully saturated rings. The van der Waals surface area contributed by atoms with Gasteiger partial charge in [-0.15, -0.1) is 0 Å². The second-order valence-corrected chi connectivity index (χ2v) is 4.75. The zero-order chi connectivity index (χ0) is 17.2. The van der Waals surface area contributed by atoms with E-state index in [4.69, 9.17) is 9.84 Å². The topological polar surface area (TPSA) is 125 Å². The van der Waals surface area contributed by atoms with Crippen LogP contribution in [0.4, 0.5) is 4.79 Å². The van der Waals surface area contributed by atoms with Gasteiger partial charge < -0.3 is 25.6 Å². The predicted molar refractivity (Wildman–Crippen MR) is 80.5 cm³/mol. The van der Waals surface area contributed by atoms with E-state index >= 15 is 0 Å². The third-order valence-electron chi connectivity index (χ3n) is 3.03. The molecule has 0 aliphatic rings. The molecule has 126 valence electrons. The first-order chi connectivity index (χ1) is 11.0. The molecule has 8 heteroatoms. The molecule has 0 saturated carbocycles. The van der Waals surface area contributed by atoms with Crippen molar-refractivity contribution in [2.24, 2.45) is 0 Å². The summed E-state index contributed by atoms with van der Waals surface area (Å²) in [6.07, 6.45) is -0.705. The molecule has 2 amide bonds. The van der Waals surface area contributed by atoms with Gasteiger partial charge in [0.25, 0.3) is 0 Å². The Morgan fingerprint density at radius 2 is 1.78 bits per heavy atom. The maximum atomic E-state index is 11.9. The second-order valence-electron chi connectivity index (χ2n) is 4.75. The van der Waals surface area contributed by atoms with Crippen LogP contribution in [0.1, 0.15) is 18.9 Å². The summed E-state index contributed by atoms with van der Waals surface area (Å²) in [5, 5.41) is 22.5. The molecule has 0 spiro atoms. The number of aliphatic carboxylic acids is 1. The summed E-state index contributed by atoms with van der Waals surface area (Å²) in [7, 11) is 0. The van der Waals surface area contributed by atoms with Crippen LogP contribution in [0.15, 0.2) is 30.3 Å². The predicted octanol–water partition coefficient (Wildman–Crippen LogP) is 0.253. The monoisotopic (exact) mass is 324 g/mol. The summed E-state index contributed by atoms with van der Waals surface area (Å²) < 4.78 is 4.93. The maximum Gasteiger partial charge on any atom is 0.408 e. The van der Waals surface area contributed by atoms with E-state index in [0.29, 0.717) is 0 Å². The SMILES string of the molecule is CC[C@@H](NC(=O)[C@H](CO)NC(=O)OCc1ccccc1)C(=O)O. The lowest BCUT2D eigenvalue weighted by molar-refractivity contribution is -0.142. The highest BCUT2D eigenvalue weighted by atomic mass is 16.5. The third-order valence-corrected chi connectivity index (χ3v) is 3.03. The van der Waals surface area contributed by atoms with Crippen molar-refractivity contribution < 1.29 is 29.3 Å². The van der Waals surface area contributed by atoms with E-state index in [1.807, 2.05) is 6.07 Å². The summed E-state index contributed by atoms with van der Waals surface area (Å²) in [5.41, 5.74) is 0.768. The molecule has 0 heterocycles. The quantitative estimate of drug-likeness (QED) is 0.543. The smallest absolute Gasteiger partial charge is 0.408 e. The number of carbonyl (C=O) groups is 3. The number of carboxylic acid groups (broad SMARTS) is 1. The number of carboxylic acids is 1. The van der Waals surface area contributed by atoms with E-state index in [2.05, 4.69) is 10.6 Å². The van der Waals surface area contributed by atoms with Gasteiger partial charge in [0.15, 0.2) is 0 Å². The molecule has 0 unspecified atom stereocenters. The zero-order valence-electron chi connectivity index (χ0n) is 12.7. The highest BCUT2D eigenvalue weighted by Gasteiger charge is 2.25. The van der Waals surface area contributed by atoms with Gasteiger partial charge in [-0.2, -0.15) is 0 Å². The first-order valence-corrected chi connectivity index (χ1v) is 7.09. The Hall–Kier alpha value is -2.61. The minimum absolute atomic E-state index is 0.0130. The van der Waals surface area contributed by atoms with Crippen LogP contribution in [0.2, 0.25) is 0 Å². The van der Waals surface area contributed by atoms with Crippen molar-refractivity contribution in [2.75, 3.05) is 6.61 Å². The van der Waals surface area contributed by atoms with E-state index in [9.17, 15) is 19.5 Å². The average molecular weight is 324 g/mol. The number of ether oxygens (including phenoxy) is 1. The molecule has 0 aliphatic carbocycles. The van der Waals surface area contributed by atoms with E-state index in [-0.39, 0.29) is 13.0 Å². The van der Waals surface area contributed by atoms with Crippen LogP contribution in [0.25, 0.3) is 0 Å². The average Bonchev–Trinajstić information content (AvgIpc) is 2.56. The lowest BCUT2D eigenvalue weighted by atomic mass is 10.2. The van der Waals surface area contributed by atoms with Crippen molar-refractivity contribution in [2.45, 2.75) is 32.0 Å². The van der Waals surface area contributed by atoms with Crippen molar-refractivity contribution in [1.82, 2.24) is 10.6 Å². The number of hydrogen-bond acceptors (Lipinski definition) is 5. The Morgan fingerprint density at radius 3 is 2.30 bits per heavy atom. The fourth-order valence-electron chi connectivity index (χ4n) is 1.71. The summed E-state index contributed by atoms with van der Waals surface area (Å²) in [4.78, 5) is 34.4. The van der Waals surface area contributed by atoms with Crippen LogP contribution >= 0.6 is 0 Å². The molecule has 0 radical (unpaired) electrons. The fourth-order valence-corrected chi connectivity index (χ4v) is 1.71. The number of hydrogen-bond donors (Lipinski definition) is 4. The van der Waals surface area contributed by atoms with Crippen molar-refractivity contribution in [3.05, 3.63) is 35.9 Å². The Kier molecular flexibility index (Phi) is 7.55. The van der Waals surface area contributed by atoms with Gasteiger partial charge in [-0.05, 0) is 12.0 Å². The highest BCUT2D eigenvalue weighted by molar-refractivity contribution is 5.89. The van der Waals surface area contributed by atoms with Gasteiger partial charge in [0.2, 0.25) is 5.91 Å². The van der Waals surface area contributed by atoms with Gasteiger partial charge in [0, 0.05) is 0 Å². The molecule has 1 aromatic rings. The minimum atomic E-state index is -1.29. The van der Waals surface area contributed by atoms with Crippen LogP contribution < -0.4 is 10.6 Å². The van der Waals surface area contributed by atoms with Crippen LogP contribution in [-0.2, 0) is 20.9 Å². The molecule has 0 bridgehead atoms. The molecule has 4 N–H and O–H groups in total. The number of rotatable bonds is 8. The van der Waals surface area contributed by atoms with Crippen molar-refractivity contribution in [1.29, 1.82) is 0 Å². The van der Waals surface area contributed by atoms with Gasteiger partial charge in [-0.25, -0.2) is 9.59 Å². The van der Waals surface area contributed by atoms with E-state index in [0.717, 1.165) is 5.56 Å². The van der Waals surface area contributed by atoms with Crippen molar-refractivity contribution in [3.8, 4) is 0 Å². The van der Waals surface area contributed by atoms with E-state index < -0.39 is 36.7 Å². The number of aliphatic hydroxyl groups excluding tert-OH is 1. The molecule has 23 heavy (non-hydrogen) atoms. The molecule has 1 rings (SSSR count). The molecular weight excluding hydrogens is 304 g/mol. The van der Waals surface area contributed by atoms with Crippen LogP contribution in [0.5, 0.6) is 0 Å². The van der Waals surface area contributed by atoms with Gasteiger partial charge in [-0.3, -0.25) is 4.79 Å². The maximum absolute atomic E-state index is 11.9. The Labute approximate surface area is 133 Å². The Bertz CT molecular complexity index is 534. The number of amides is 2. The molecule has 0 saturated heterocycles. The lowest BCUT2D eigenvalue weighted by Gasteiger charge is -2.19. The van der Waals surface area contributed by atoms with E-state index in [1.54, 1.807) is 31.2 Å². The second kappa shape index (κ2) is 9.42. The first kappa shape index (κ1) is 18.4. The van der Waals surface area contributed by atoms with Crippen LogP contribution in [0, 0.1) is 0 Å². The normalized spacial score (nSPS) is 12.8. The Balaban J connectivity index is 2.49. The van der Waals surface area contributed by atoms with Crippen molar-refractivity contribution >= 4 is 18.0 Å². The number of alkyl carbamates (subject to hydrolysis) is 1. The van der Waals surface area contributed by atoms with Crippen LogP contribution in [-0.4, -0.2) is 46.9 Å². The van der Waals surface area contributed by atoms with Gasteiger partial charge in [0.1, 0.15) is 18.7 Å². The zero-order valence-corrected chi connectivity index (χ0v) is 12.7. The number of benzene rings is 1. The molecule has 2 atom stereocenters. The highest BCUT2D eigenvalue weighted by Crippen LogP contribution is 2.01. The Morgan fingerprint density at radius 1 is 1.13 bits per heavy atom. The standard InChI is InChI=1S/C15H20N2O6/c1-2-11(14(20)21)16-13(19)12(8-18)17-15(22)23-9-10-6-4-3-5-7-10/h3-7,11-12,18H,2,8-9H2,1H3,(H,16,19)(H,17,22)(H,20,21)/t11-,12+/m1/s1. The summed E-state index contributed by atoms with van der Waals surface area (Å²) in [6, 6.07) is 6.56. The molecule has 0 aromatic heterocycles. The van der Waals surface area contributed by atoms with Crippen LogP contribution in [0.3, 0.4) is 0 Å². The summed E-state index contributed by atoms with van der Waals surface area (Å²) in [5.74, 6) is -1.98. The van der Waals surface area contributed by atoms with E-state index in [1.165, 1.54) is 0 Å². The summed E-state index contributed by atoms with van der Waals surface area (Å²) >= 11 is 0. The fraction of sp³-hybridized carbons (Fsp3) is 0.400. The van der Waals surface area contributed by atoms with Gasteiger partial charge in [-0.1, -0.05) is 37.3 Å². The minimum Gasteiger partial charge on any atom is -0.480 e. The molecular formula is C15H20N2O6. The number of carbonyl (C=O) groups excluding carboxylic acids is 2. The van der Waals surface area contributed by atoms with Gasteiger partial charge >= 0.3 is 12.1 Å².